The van der Waals surface area contributed by atoms with Crippen LogP contribution in [0.1, 0.15) is 38.1 Å². The Bertz CT molecular complexity index is 394. The highest BCUT2D eigenvalue weighted by Crippen LogP contribution is 2.16. The minimum Gasteiger partial charge on any atom is -0.372 e. The first kappa shape index (κ1) is 15.5. The molecule has 3 heteroatoms. The van der Waals surface area contributed by atoms with E-state index in [0.717, 1.165) is 25.2 Å². The maximum absolute atomic E-state index is 12.2. The molecule has 0 saturated carbocycles. The molecule has 106 valence electrons. The van der Waals surface area contributed by atoms with E-state index in [0.29, 0.717) is 5.92 Å². The third kappa shape index (κ3) is 4.27. The molecule has 3 nitrogen and oxygen atoms in total. The normalized spacial score (nSPS) is 10.6. The Labute approximate surface area is 117 Å². The van der Waals surface area contributed by atoms with Gasteiger partial charge in [0.15, 0.2) is 0 Å². The molecule has 0 aromatic heterocycles. The summed E-state index contributed by atoms with van der Waals surface area (Å²) in [5.74, 6) is 0.587. The van der Waals surface area contributed by atoms with E-state index in [1.165, 1.54) is 5.69 Å². The monoisotopic (exact) mass is 262 g/mol. The van der Waals surface area contributed by atoms with Crippen LogP contribution in [0.4, 0.5) is 5.69 Å². The van der Waals surface area contributed by atoms with Crippen LogP contribution in [-0.4, -0.2) is 37.5 Å². The van der Waals surface area contributed by atoms with E-state index >= 15 is 0 Å². The van der Waals surface area contributed by atoms with Crippen molar-refractivity contribution < 1.29 is 4.79 Å². The van der Waals surface area contributed by atoms with Gasteiger partial charge in [-0.25, -0.2) is 0 Å². The quantitative estimate of drug-likeness (QED) is 0.785. The number of nitrogens with zero attached hydrogens (tertiary/aromatic N) is 2. The molecule has 0 aliphatic heterocycles. The van der Waals surface area contributed by atoms with Gasteiger partial charge in [-0.2, -0.15) is 0 Å². The maximum Gasteiger partial charge on any atom is 0.253 e. The molecular formula is C16H26N2O. The minimum atomic E-state index is 0.0970. The minimum absolute atomic E-state index is 0.0970. The van der Waals surface area contributed by atoms with Crippen molar-refractivity contribution in [3.63, 3.8) is 0 Å². The van der Waals surface area contributed by atoms with Crippen molar-refractivity contribution in [1.29, 1.82) is 0 Å². The highest BCUT2D eigenvalue weighted by atomic mass is 16.2. The molecule has 0 unspecified atom stereocenters. The van der Waals surface area contributed by atoms with Gasteiger partial charge in [0.25, 0.3) is 5.91 Å². The summed E-state index contributed by atoms with van der Waals surface area (Å²) < 4.78 is 0. The number of carbonyl (C=O) groups excluding carboxylic acids is 1. The molecule has 0 heterocycles. The van der Waals surface area contributed by atoms with Crippen molar-refractivity contribution in [2.24, 2.45) is 5.92 Å². The molecule has 1 amide bonds. The van der Waals surface area contributed by atoms with Crippen LogP contribution in [0.5, 0.6) is 0 Å². The lowest BCUT2D eigenvalue weighted by Gasteiger charge is -2.22. The van der Waals surface area contributed by atoms with Crippen LogP contribution < -0.4 is 4.90 Å². The third-order valence-corrected chi connectivity index (χ3v) is 3.23. The van der Waals surface area contributed by atoms with E-state index in [1.807, 2.05) is 31.3 Å². The largest absolute Gasteiger partial charge is 0.372 e. The van der Waals surface area contributed by atoms with Gasteiger partial charge in [0.1, 0.15) is 0 Å². The Hall–Kier alpha value is -1.51. The highest BCUT2D eigenvalue weighted by Gasteiger charge is 2.13. The molecule has 0 radical (unpaired) electrons. The van der Waals surface area contributed by atoms with Gasteiger partial charge in [0, 0.05) is 37.9 Å². The fourth-order valence-corrected chi connectivity index (χ4v) is 2.25. The molecule has 0 atom stereocenters. The van der Waals surface area contributed by atoms with Crippen molar-refractivity contribution in [1.82, 2.24) is 4.90 Å². The molecule has 0 N–H and O–H groups in total. The van der Waals surface area contributed by atoms with Gasteiger partial charge in [-0.05, 0) is 44.0 Å². The average molecular weight is 262 g/mol. The van der Waals surface area contributed by atoms with Crippen LogP contribution in [-0.2, 0) is 0 Å². The Morgan fingerprint density at radius 1 is 1.11 bits per heavy atom. The molecule has 19 heavy (non-hydrogen) atoms. The Kier molecular flexibility index (Phi) is 5.87. The van der Waals surface area contributed by atoms with Gasteiger partial charge in [0.05, 0.1) is 0 Å². The van der Waals surface area contributed by atoms with Crippen LogP contribution >= 0.6 is 0 Å². The number of amides is 1. The Morgan fingerprint density at radius 3 is 2.05 bits per heavy atom. The van der Waals surface area contributed by atoms with E-state index in [-0.39, 0.29) is 5.91 Å². The number of rotatable bonds is 6. The van der Waals surface area contributed by atoms with Crippen LogP contribution in [0, 0.1) is 5.92 Å². The predicted octanol–water partition coefficient (Wildman–Crippen LogP) is 3.26. The first-order valence-electron chi connectivity index (χ1n) is 7.10. The van der Waals surface area contributed by atoms with Crippen molar-refractivity contribution >= 4 is 11.6 Å². The first-order valence-corrected chi connectivity index (χ1v) is 7.10. The van der Waals surface area contributed by atoms with Crippen LogP contribution in [0.25, 0.3) is 0 Å². The summed E-state index contributed by atoms with van der Waals surface area (Å²) in [7, 11) is 1.86. The smallest absolute Gasteiger partial charge is 0.253 e. The second kappa shape index (κ2) is 7.17. The number of hydrogen-bond donors (Lipinski definition) is 0. The summed E-state index contributed by atoms with van der Waals surface area (Å²) >= 11 is 0. The molecule has 0 bridgehead atoms. The number of benzene rings is 1. The Balaban J connectivity index is 2.78. The average Bonchev–Trinajstić information content (AvgIpc) is 2.39. The SMILES string of the molecule is CCN(CC)c1ccc(C(=O)N(C)CC(C)C)cc1. The fourth-order valence-electron chi connectivity index (χ4n) is 2.25. The lowest BCUT2D eigenvalue weighted by atomic mass is 10.1. The summed E-state index contributed by atoms with van der Waals surface area (Å²) in [6, 6.07) is 7.91. The predicted molar refractivity (Wildman–Crippen MR) is 81.8 cm³/mol. The van der Waals surface area contributed by atoms with Crippen molar-refractivity contribution in [2.45, 2.75) is 27.7 Å². The molecule has 1 aromatic carbocycles. The zero-order valence-corrected chi connectivity index (χ0v) is 12.8. The standard InChI is InChI=1S/C16H26N2O/c1-6-18(7-2)15-10-8-14(9-11-15)16(19)17(5)12-13(3)4/h8-11,13H,6-7,12H2,1-5H3. The molecule has 0 aliphatic rings. The van der Waals surface area contributed by atoms with E-state index in [1.54, 1.807) is 4.90 Å². The lowest BCUT2D eigenvalue weighted by molar-refractivity contribution is 0.0779. The number of anilines is 1. The molecule has 1 rings (SSSR count). The van der Waals surface area contributed by atoms with Gasteiger partial charge >= 0.3 is 0 Å². The summed E-state index contributed by atoms with van der Waals surface area (Å²) in [5, 5.41) is 0. The van der Waals surface area contributed by atoms with Gasteiger partial charge in [0.2, 0.25) is 0 Å². The van der Waals surface area contributed by atoms with Crippen LogP contribution in [0.15, 0.2) is 24.3 Å². The van der Waals surface area contributed by atoms with Crippen molar-refractivity contribution in [3.8, 4) is 0 Å². The third-order valence-electron chi connectivity index (χ3n) is 3.23. The molecule has 0 spiro atoms. The zero-order valence-electron chi connectivity index (χ0n) is 12.8. The van der Waals surface area contributed by atoms with E-state index in [4.69, 9.17) is 0 Å². The second-order valence-corrected chi connectivity index (χ2v) is 5.30. The lowest BCUT2D eigenvalue weighted by Crippen LogP contribution is -2.30. The van der Waals surface area contributed by atoms with E-state index in [2.05, 4.69) is 32.6 Å². The highest BCUT2D eigenvalue weighted by molar-refractivity contribution is 5.94. The summed E-state index contributed by atoms with van der Waals surface area (Å²) in [6.45, 7) is 11.3. The van der Waals surface area contributed by atoms with Crippen LogP contribution in [0.3, 0.4) is 0 Å². The van der Waals surface area contributed by atoms with Gasteiger partial charge in [-0.15, -0.1) is 0 Å². The van der Waals surface area contributed by atoms with Gasteiger partial charge in [-0.3, -0.25) is 4.79 Å². The van der Waals surface area contributed by atoms with Crippen LogP contribution in [0.2, 0.25) is 0 Å². The maximum atomic E-state index is 12.2. The van der Waals surface area contributed by atoms with Gasteiger partial charge < -0.3 is 9.80 Å². The summed E-state index contributed by atoms with van der Waals surface area (Å²) in [4.78, 5) is 16.3. The summed E-state index contributed by atoms with van der Waals surface area (Å²) in [6.07, 6.45) is 0. The Morgan fingerprint density at radius 2 is 1.63 bits per heavy atom. The van der Waals surface area contributed by atoms with Crippen molar-refractivity contribution in [3.05, 3.63) is 29.8 Å². The summed E-state index contributed by atoms with van der Waals surface area (Å²) in [5.41, 5.74) is 1.94. The fraction of sp³-hybridized carbons (Fsp3) is 0.562. The topological polar surface area (TPSA) is 23.6 Å². The van der Waals surface area contributed by atoms with Crippen molar-refractivity contribution in [2.75, 3.05) is 31.6 Å². The first-order chi connectivity index (χ1) is 8.99. The zero-order chi connectivity index (χ0) is 14.4. The van der Waals surface area contributed by atoms with E-state index < -0.39 is 0 Å². The molecular weight excluding hydrogens is 236 g/mol. The molecule has 1 aromatic rings. The molecule has 0 aliphatic carbocycles. The molecule has 0 saturated heterocycles. The van der Waals surface area contributed by atoms with Gasteiger partial charge in [-0.1, -0.05) is 13.8 Å². The van der Waals surface area contributed by atoms with E-state index in [9.17, 15) is 4.79 Å². The second-order valence-electron chi connectivity index (χ2n) is 5.30. The number of carbonyl (C=O) groups is 1. The molecule has 0 fully saturated rings. The number of hydrogen-bond acceptors (Lipinski definition) is 2.